The Morgan fingerprint density at radius 1 is 1.25 bits per heavy atom. The zero-order chi connectivity index (χ0) is 20.1. The molecule has 0 radical (unpaired) electrons. The molecule has 0 unspecified atom stereocenters. The topological polar surface area (TPSA) is 42.4 Å². The Morgan fingerprint density at radius 3 is 2.75 bits per heavy atom. The second-order valence-electron chi connectivity index (χ2n) is 6.52. The number of rotatable bonds is 7. The van der Waals surface area contributed by atoms with Crippen molar-refractivity contribution in [3.63, 3.8) is 0 Å². The Balaban J connectivity index is 1.66. The van der Waals surface area contributed by atoms with Crippen LogP contribution >= 0.6 is 38.9 Å². The van der Waals surface area contributed by atoms with Crippen molar-refractivity contribution in [2.45, 2.75) is 33.0 Å². The van der Waals surface area contributed by atoms with Crippen LogP contribution in [0.3, 0.4) is 0 Å². The van der Waals surface area contributed by atoms with Crippen LogP contribution in [0.2, 0.25) is 5.02 Å². The molecule has 3 rings (SSSR count). The van der Waals surface area contributed by atoms with E-state index in [1.165, 1.54) is 11.3 Å². The molecule has 7 heteroatoms. The van der Waals surface area contributed by atoms with Gasteiger partial charge < -0.3 is 9.64 Å². The fourth-order valence-electron chi connectivity index (χ4n) is 2.64. The number of carbonyl (C=O) groups is 1. The Morgan fingerprint density at radius 2 is 2.04 bits per heavy atom. The minimum atomic E-state index is -0.0129. The number of hydrogen-bond donors (Lipinski definition) is 0. The molecule has 0 aliphatic rings. The maximum Gasteiger partial charge on any atom is 0.254 e. The maximum atomic E-state index is 12.9. The Kier molecular flexibility index (Phi) is 7.10. The number of thiazole rings is 1. The molecule has 0 saturated heterocycles. The summed E-state index contributed by atoms with van der Waals surface area (Å²) < 4.78 is 6.63. The average Bonchev–Trinajstić information content (AvgIpc) is 3.11. The monoisotopic (exact) mass is 478 g/mol. The van der Waals surface area contributed by atoms with E-state index in [4.69, 9.17) is 16.3 Å². The molecule has 0 aliphatic carbocycles. The van der Waals surface area contributed by atoms with E-state index in [-0.39, 0.29) is 11.9 Å². The van der Waals surface area contributed by atoms with E-state index >= 15 is 0 Å². The van der Waals surface area contributed by atoms with Gasteiger partial charge in [-0.1, -0.05) is 39.7 Å². The highest BCUT2D eigenvalue weighted by Gasteiger charge is 2.20. The quantitative estimate of drug-likeness (QED) is 0.406. The first-order valence-corrected chi connectivity index (χ1v) is 10.9. The molecule has 1 aromatic heterocycles. The summed E-state index contributed by atoms with van der Waals surface area (Å²) in [4.78, 5) is 19.4. The Labute approximate surface area is 182 Å². The van der Waals surface area contributed by atoms with Gasteiger partial charge in [-0.05, 0) is 50.2 Å². The summed E-state index contributed by atoms with van der Waals surface area (Å²) >= 11 is 10.9. The van der Waals surface area contributed by atoms with Gasteiger partial charge in [0.2, 0.25) is 0 Å². The molecular formula is C21H20BrClN2O2S. The average molecular weight is 480 g/mol. The number of nitrogens with zero attached hydrogens (tertiary/aromatic N) is 2. The highest BCUT2D eigenvalue weighted by Crippen LogP contribution is 2.21. The third-order valence-corrected chi connectivity index (χ3v) is 5.65. The van der Waals surface area contributed by atoms with Crippen LogP contribution in [0.4, 0.5) is 0 Å². The summed E-state index contributed by atoms with van der Waals surface area (Å²) in [5.74, 6) is 0.693. The molecule has 0 atom stereocenters. The van der Waals surface area contributed by atoms with Crippen LogP contribution in [-0.2, 0) is 13.2 Å². The zero-order valence-corrected chi connectivity index (χ0v) is 18.7. The Hall–Kier alpha value is -1.89. The maximum absolute atomic E-state index is 12.9. The van der Waals surface area contributed by atoms with Gasteiger partial charge in [-0.3, -0.25) is 4.79 Å². The van der Waals surface area contributed by atoms with E-state index in [2.05, 4.69) is 20.9 Å². The van der Waals surface area contributed by atoms with Crippen molar-refractivity contribution in [3.8, 4) is 5.75 Å². The molecule has 0 N–H and O–H groups in total. The minimum Gasteiger partial charge on any atom is -0.486 e. The van der Waals surface area contributed by atoms with E-state index in [0.29, 0.717) is 29.5 Å². The fourth-order valence-corrected chi connectivity index (χ4v) is 3.92. The molecule has 4 nitrogen and oxygen atoms in total. The summed E-state index contributed by atoms with van der Waals surface area (Å²) in [6.07, 6.45) is 0. The zero-order valence-electron chi connectivity index (χ0n) is 15.6. The van der Waals surface area contributed by atoms with Crippen molar-refractivity contribution in [2.75, 3.05) is 0 Å². The van der Waals surface area contributed by atoms with Gasteiger partial charge in [0.1, 0.15) is 17.4 Å². The molecule has 0 aliphatic heterocycles. The molecule has 0 saturated carbocycles. The first-order chi connectivity index (χ1) is 13.4. The second kappa shape index (κ2) is 9.54. The molecule has 0 fully saturated rings. The summed E-state index contributed by atoms with van der Waals surface area (Å²) in [6.45, 7) is 4.83. The van der Waals surface area contributed by atoms with Gasteiger partial charge in [0.15, 0.2) is 0 Å². The van der Waals surface area contributed by atoms with Gasteiger partial charge in [-0.15, -0.1) is 11.3 Å². The number of aromatic nitrogens is 1. The lowest BCUT2D eigenvalue weighted by molar-refractivity contribution is 0.0688. The number of ether oxygens (including phenoxy) is 1. The van der Waals surface area contributed by atoms with Crippen LogP contribution in [-0.4, -0.2) is 21.8 Å². The van der Waals surface area contributed by atoms with E-state index in [9.17, 15) is 4.79 Å². The first kappa shape index (κ1) is 20.8. The van der Waals surface area contributed by atoms with Crippen LogP contribution in [0.25, 0.3) is 0 Å². The normalized spacial score (nSPS) is 10.9. The number of halogens is 2. The van der Waals surface area contributed by atoms with Crippen molar-refractivity contribution in [1.29, 1.82) is 0 Å². The lowest BCUT2D eigenvalue weighted by Gasteiger charge is -2.26. The van der Waals surface area contributed by atoms with Gasteiger partial charge in [0.05, 0.1) is 12.2 Å². The largest absolute Gasteiger partial charge is 0.486 e. The van der Waals surface area contributed by atoms with Crippen LogP contribution in [0.1, 0.15) is 34.9 Å². The molecule has 3 aromatic rings. The predicted molar refractivity (Wildman–Crippen MR) is 117 cm³/mol. The number of amides is 1. The van der Waals surface area contributed by atoms with Crippen LogP contribution in [0.15, 0.2) is 58.4 Å². The van der Waals surface area contributed by atoms with E-state index in [1.54, 1.807) is 12.1 Å². The highest BCUT2D eigenvalue weighted by molar-refractivity contribution is 9.10. The molecular weight excluding hydrogens is 460 g/mol. The molecule has 0 bridgehead atoms. The van der Waals surface area contributed by atoms with Crippen molar-refractivity contribution in [1.82, 2.24) is 9.88 Å². The highest BCUT2D eigenvalue weighted by atomic mass is 79.9. The van der Waals surface area contributed by atoms with Crippen molar-refractivity contribution >= 4 is 44.8 Å². The lowest BCUT2D eigenvalue weighted by Crippen LogP contribution is -2.36. The van der Waals surface area contributed by atoms with Gasteiger partial charge in [0.25, 0.3) is 5.91 Å². The summed E-state index contributed by atoms with van der Waals surface area (Å²) in [5, 5.41) is 3.46. The van der Waals surface area contributed by atoms with Gasteiger partial charge in [-0.2, -0.15) is 0 Å². The third kappa shape index (κ3) is 5.56. The van der Waals surface area contributed by atoms with Crippen LogP contribution < -0.4 is 4.74 Å². The fraction of sp³-hybridized carbons (Fsp3) is 0.238. The molecule has 146 valence electrons. The van der Waals surface area contributed by atoms with Crippen LogP contribution in [0.5, 0.6) is 5.75 Å². The van der Waals surface area contributed by atoms with Crippen molar-refractivity contribution in [3.05, 3.63) is 79.7 Å². The molecule has 1 heterocycles. The number of hydrogen-bond acceptors (Lipinski definition) is 4. The first-order valence-electron chi connectivity index (χ1n) is 8.80. The number of benzene rings is 2. The van der Waals surface area contributed by atoms with Gasteiger partial charge in [0, 0.05) is 26.5 Å². The van der Waals surface area contributed by atoms with Crippen molar-refractivity contribution < 1.29 is 9.53 Å². The lowest BCUT2D eigenvalue weighted by atomic mass is 10.1. The molecule has 0 spiro atoms. The Bertz CT molecular complexity index is 961. The van der Waals surface area contributed by atoms with E-state index in [1.807, 2.05) is 60.5 Å². The van der Waals surface area contributed by atoms with Crippen molar-refractivity contribution in [2.24, 2.45) is 0 Å². The standard InChI is InChI=1S/C21H20BrClN2O2S/c1-14(2)25(21(26)15-5-3-6-16(22)9-15)11-18-13-28-20(24-18)12-27-19-8-4-7-17(23)10-19/h3-10,13-14H,11-12H2,1-2H3. The van der Waals surface area contributed by atoms with E-state index in [0.717, 1.165) is 15.2 Å². The SMILES string of the molecule is CC(C)N(Cc1csc(COc2cccc(Cl)c2)n1)C(=O)c1cccc(Br)c1. The van der Waals surface area contributed by atoms with Gasteiger partial charge in [-0.25, -0.2) is 4.98 Å². The van der Waals surface area contributed by atoms with E-state index < -0.39 is 0 Å². The molecule has 1 amide bonds. The number of carbonyl (C=O) groups excluding carboxylic acids is 1. The second-order valence-corrected chi connectivity index (χ2v) is 8.81. The van der Waals surface area contributed by atoms with Crippen LogP contribution in [0, 0.1) is 0 Å². The minimum absolute atomic E-state index is 0.0129. The molecule has 2 aromatic carbocycles. The van der Waals surface area contributed by atoms with Gasteiger partial charge >= 0.3 is 0 Å². The summed E-state index contributed by atoms with van der Waals surface area (Å²) in [5.41, 5.74) is 1.51. The molecule has 28 heavy (non-hydrogen) atoms. The third-order valence-electron chi connectivity index (χ3n) is 4.05. The summed E-state index contributed by atoms with van der Waals surface area (Å²) in [6, 6.07) is 14.8. The summed E-state index contributed by atoms with van der Waals surface area (Å²) in [7, 11) is 0. The smallest absolute Gasteiger partial charge is 0.254 e. The predicted octanol–water partition coefficient (Wildman–Crippen LogP) is 6.19.